The smallest absolute Gasteiger partial charge is 0.305 e. The molecule has 4 heteroatoms. The number of Topliss-reactive ketones (excluding diaryl/α,β-unsaturated/α-hetero) is 1. The third-order valence-corrected chi connectivity index (χ3v) is 4.53. The molecule has 2 fully saturated rings. The largest absolute Gasteiger partial charge is 0.469 e. The van der Waals surface area contributed by atoms with E-state index >= 15 is 0 Å². The summed E-state index contributed by atoms with van der Waals surface area (Å²) < 4.78 is 4.66. The molecule has 0 bridgehead atoms. The lowest BCUT2D eigenvalue weighted by Crippen LogP contribution is -2.41. The Kier molecular flexibility index (Phi) is 5.37. The van der Waals surface area contributed by atoms with E-state index in [4.69, 9.17) is 0 Å². The van der Waals surface area contributed by atoms with E-state index in [2.05, 4.69) is 9.64 Å². The van der Waals surface area contributed by atoms with Crippen LogP contribution in [0.25, 0.3) is 0 Å². The van der Waals surface area contributed by atoms with Crippen molar-refractivity contribution in [3.8, 4) is 0 Å². The van der Waals surface area contributed by atoms with Crippen LogP contribution >= 0.6 is 0 Å². The Bertz CT molecular complexity index is 329. The number of hydrogen-bond donors (Lipinski definition) is 0. The van der Waals surface area contributed by atoms with E-state index in [1.54, 1.807) is 0 Å². The lowest BCUT2D eigenvalue weighted by Gasteiger charge is -2.33. The standard InChI is InChI=1S/C15H25NO3/c1-19-15(18)9-5-11-16-10-4-7-13(16)12-6-2-3-8-14(12)17/h12-13H,2-11H2,1H3. The Morgan fingerprint density at radius 3 is 2.89 bits per heavy atom. The van der Waals surface area contributed by atoms with Gasteiger partial charge in [0.15, 0.2) is 0 Å². The third-order valence-electron chi connectivity index (χ3n) is 4.53. The van der Waals surface area contributed by atoms with Gasteiger partial charge in [-0.3, -0.25) is 14.5 Å². The number of nitrogens with zero attached hydrogens (tertiary/aromatic N) is 1. The number of ether oxygens (including phenoxy) is 1. The lowest BCUT2D eigenvalue weighted by molar-refractivity contribution is -0.140. The van der Waals surface area contributed by atoms with Gasteiger partial charge < -0.3 is 4.74 Å². The Morgan fingerprint density at radius 2 is 2.16 bits per heavy atom. The number of likely N-dealkylation sites (tertiary alicyclic amines) is 1. The van der Waals surface area contributed by atoms with Crippen LogP contribution < -0.4 is 0 Å². The second kappa shape index (κ2) is 7.04. The molecule has 19 heavy (non-hydrogen) atoms. The summed E-state index contributed by atoms with van der Waals surface area (Å²) in [7, 11) is 1.43. The molecule has 2 aliphatic rings. The number of methoxy groups -OCH3 is 1. The van der Waals surface area contributed by atoms with Crippen molar-refractivity contribution in [2.45, 2.75) is 57.4 Å². The highest BCUT2D eigenvalue weighted by Crippen LogP contribution is 2.32. The lowest BCUT2D eigenvalue weighted by atomic mass is 9.82. The van der Waals surface area contributed by atoms with Crippen LogP contribution in [0.15, 0.2) is 0 Å². The zero-order valence-electron chi connectivity index (χ0n) is 11.9. The van der Waals surface area contributed by atoms with Crippen molar-refractivity contribution in [2.24, 2.45) is 5.92 Å². The van der Waals surface area contributed by atoms with Gasteiger partial charge in [-0.25, -0.2) is 0 Å². The van der Waals surface area contributed by atoms with Crippen LogP contribution in [0.3, 0.4) is 0 Å². The van der Waals surface area contributed by atoms with Gasteiger partial charge in [-0.15, -0.1) is 0 Å². The quantitative estimate of drug-likeness (QED) is 0.716. The SMILES string of the molecule is COC(=O)CCCN1CCCC1C1CCCCC1=O. The van der Waals surface area contributed by atoms with Crippen LogP contribution in [0.2, 0.25) is 0 Å². The molecule has 4 nitrogen and oxygen atoms in total. The number of esters is 1. The van der Waals surface area contributed by atoms with E-state index in [0.717, 1.165) is 45.2 Å². The molecule has 1 saturated carbocycles. The molecule has 0 spiro atoms. The van der Waals surface area contributed by atoms with E-state index in [1.165, 1.54) is 20.0 Å². The summed E-state index contributed by atoms with van der Waals surface area (Å²) in [6.07, 6.45) is 7.77. The fourth-order valence-electron chi connectivity index (χ4n) is 3.53. The summed E-state index contributed by atoms with van der Waals surface area (Å²) >= 11 is 0. The number of hydrogen-bond acceptors (Lipinski definition) is 4. The minimum atomic E-state index is -0.135. The highest BCUT2D eigenvalue weighted by Gasteiger charge is 2.36. The summed E-state index contributed by atoms with van der Waals surface area (Å²) in [4.78, 5) is 25.6. The third kappa shape index (κ3) is 3.78. The molecule has 0 aromatic rings. The summed E-state index contributed by atoms with van der Waals surface area (Å²) in [6, 6.07) is 0.436. The minimum Gasteiger partial charge on any atom is -0.469 e. The summed E-state index contributed by atoms with van der Waals surface area (Å²) in [5.41, 5.74) is 0. The first-order valence-electron chi connectivity index (χ1n) is 7.56. The van der Waals surface area contributed by atoms with E-state index in [1.807, 2.05) is 0 Å². The second-order valence-electron chi connectivity index (χ2n) is 5.74. The molecule has 1 aliphatic heterocycles. The van der Waals surface area contributed by atoms with E-state index in [9.17, 15) is 9.59 Å². The molecule has 108 valence electrons. The van der Waals surface area contributed by atoms with Gasteiger partial charge in [0.2, 0.25) is 0 Å². The van der Waals surface area contributed by atoms with Gasteiger partial charge in [0.1, 0.15) is 5.78 Å². The van der Waals surface area contributed by atoms with E-state index in [0.29, 0.717) is 18.2 Å². The minimum absolute atomic E-state index is 0.135. The molecule has 2 unspecified atom stereocenters. The van der Waals surface area contributed by atoms with Crippen molar-refractivity contribution in [1.29, 1.82) is 0 Å². The van der Waals surface area contributed by atoms with Gasteiger partial charge in [0.05, 0.1) is 7.11 Å². The van der Waals surface area contributed by atoms with Crippen molar-refractivity contribution in [2.75, 3.05) is 20.2 Å². The Morgan fingerprint density at radius 1 is 1.32 bits per heavy atom. The monoisotopic (exact) mass is 267 g/mol. The number of rotatable bonds is 5. The van der Waals surface area contributed by atoms with Crippen LogP contribution in [0.1, 0.15) is 51.4 Å². The predicted molar refractivity (Wildman–Crippen MR) is 72.8 cm³/mol. The van der Waals surface area contributed by atoms with Crippen molar-refractivity contribution >= 4 is 11.8 Å². The normalized spacial score (nSPS) is 28.6. The summed E-state index contributed by atoms with van der Waals surface area (Å²) in [6.45, 7) is 2.00. The van der Waals surface area contributed by atoms with Crippen molar-refractivity contribution < 1.29 is 14.3 Å². The molecule has 2 atom stereocenters. The number of carbonyl (C=O) groups excluding carboxylic acids is 2. The average Bonchev–Trinajstić information content (AvgIpc) is 2.87. The second-order valence-corrected chi connectivity index (χ2v) is 5.74. The van der Waals surface area contributed by atoms with Crippen molar-refractivity contribution in [3.63, 3.8) is 0 Å². The molecule has 1 aliphatic carbocycles. The Balaban J connectivity index is 1.82. The maximum Gasteiger partial charge on any atom is 0.305 e. The maximum absolute atomic E-state index is 12.1. The molecule has 0 aromatic carbocycles. The van der Waals surface area contributed by atoms with Gasteiger partial charge in [-0.05, 0) is 45.2 Å². The molecule has 1 heterocycles. The summed E-state index contributed by atoms with van der Waals surface area (Å²) in [5.74, 6) is 0.593. The molecule has 0 amide bonds. The number of ketones is 1. The highest BCUT2D eigenvalue weighted by molar-refractivity contribution is 5.82. The van der Waals surface area contributed by atoms with Crippen molar-refractivity contribution in [1.82, 2.24) is 4.90 Å². The Labute approximate surface area is 115 Å². The molecular weight excluding hydrogens is 242 g/mol. The van der Waals surface area contributed by atoms with Gasteiger partial charge in [0.25, 0.3) is 0 Å². The van der Waals surface area contributed by atoms with Crippen molar-refractivity contribution in [3.05, 3.63) is 0 Å². The van der Waals surface area contributed by atoms with Crippen LogP contribution in [-0.4, -0.2) is 42.9 Å². The highest BCUT2D eigenvalue weighted by atomic mass is 16.5. The maximum atomic E-state index is 12.1. The first-order chi connectivity index (χ1) is 9.22. The van der Waals surface area contributed by atoms with Crippen LogP contribution in [-0.2, 0) is 14.3 Å². The fraction of sp³-hybridized carbons (Fsp3) is 0.867. The average molecular weight is 267 g/mol. The van der Waals surface area contributed by atoms with Crippen LogP contribution in [0, 0.1) is 5.92 Å². The van der Waals surface area contributed by atoms with Gasteiger partial charge in [-0.1, -0.05) is 6.42 Å². The molecule has 1 saturated heterocycles. The predicted octanol–water partition coefficient (Wildman–Crippen LogP) is 2.16. The molecule has 2 rings (SSSR count). The van der Waals surface area contributed by atoms with E-state index < -0.39 is 0 Å². The first-order valence-corrected chi connectivity index (χ1v) is 7.56. The molecular formula is C15H25NO3. The first kappa shape index (κ1) is 14.5. The van der Waals surface area contributed by atoms with Gasteiger partial charge >= 0.3 is 5.97 Å². The van der Waals surface area contributed by atoms with Crippen LogP contribution in [0.4, 0.5) is 0 Å². The van der Waals surface area contributed by atoms with E-state index in [-0.39, 0.29) is 11.9 Å². The fourth-order valence-corrected chi connectivity index (χ4v) is 3.53. The topological polar surface area (TPSA) is 46.6 Å². The van der Waals surface area contributed by atoms with Crippen LogP contribution in [0.5, 0.6) is 0 Å². The summed E-state index contributed by atoms with van der Waals surface area (Å²) in [5, 5.41) is 0. The van der Waals surface area contributed by atoms with Gasteiger partial charge in [0, 0.05) is 24.8 Å². The molecule has 0 aromatic heterocycles. The zero-order chi connectivity index (χ0) is 13.7. The molecule has 0 radical (unpaired) electrons. The van der Waals surface area contributed by atoms with Gasteiger partial charge in [-0.2, -0.15) is 0 Å². The Hall–Kier alpha value is -0.900. The zero-order valence-corrected chi connectivity index (χ0v) is 11.9. The number of carbonyl (C=O) groups is 2. The molecule has 0 N–H and O–H groups in total.